The fraction of sp³-hybridized carbons (Fsp3) is 0.348. The lowest BCUT2D eigenvalue weighted by atomic mass is 9.98. The molecule has 29 heavy (non-hydrogen) atoms. The van der Waals surface area contributed by atoms with Gasteiger partial charge in [-0.05, 0) is 30.5 Å². The van der Waals surface area contributed by atoms with Crippen LogP contribution >= 0.6 is 0 Å². The zero-order chi connectivity index (χ0) is 20.5. The molecule has 2 aromatic carbocycles. The zero-order valence-electron chi connectivity index (χ0n) is 16.6. The summed E-state index contributed by atoms with van der Waals surface area (Å²) in [5.74, 6) is -0.227. The largest absolute Gasteiger partial charge is 0.493 e. The number of nitrogens with zero attached hydrogens (tertiary/aromatic N) is 1. The molecular weight excluding hydrogens is 368 g/mol. The minimum atomic E-state index is -0.850. The van der Waals surface area contributed by atoms with Crippen molar-refractivity contribution in [2.45, 2.75) is 38.8 Å². The van der Waals surface area contributed by atoms with Crippen molar-refractivity contribution in [3.8, 4) is 5.75 Å². The highest BCUT2D eigenvalue weighted by atomic mass is 16.5. The Morgan fingerprint density at radius 3 is 2.34 bits per heavy atom. The fourth-order valence-electron chi connectivity index (χ4n) is 4.03. The van der Waals surface area contributed by atoms with Gasteiger partial charge < -0.3 is 10.1 Å². The second-order valence-electron chi connectivity index (χ2n) is 7.91. The van der Waals surface area contributed by atoms with Crippen LogP contribution in [0.15, 0.2) is 48.5 Å². The first-order chi connectivity index (χ1) is 14.0. The maximum absolute atomic E-state index is 13.3. The molecule has 2 aliphatic heterocycles. The summed E-state index contributed by atoms with van der Waals surface area (Å²) in [5, 5.41) is 3.06. The molecule has 0 saturated carbocycles. The summed E-state index contributed by atoms with van der Waals surface area (Å²) >= 11 is 0. The molecule has 2 aliphatic rings. The van der Waals surface area contributed by atoms with Gasteiger partial charge in [0.15, 0.2) is 0 Å². The Morgan fingerprint density at radius 2 is 1.69 bits per heavy atom. The van der Waals surface area contributed by atoms with Gasteiger partial charge in [0, 0.05) is 12.0 Å². The second kappa shape index (κ2) is 7.70. The highest BCUT2D eigenvalue weighted by Crippen LogP contribution is 2.32. The molecule has 0 saturated heterocycles. The van der Waals surface area contributed by atoms with Gasteiger partial charge in [0.2, 0.25) is 5.91 Å². The predicted octanol–water partition coefficient (Wildman–Crippen LogP) is 3.34. The van der Waals surface area contributed by atoms with Crippen LogP contribution in [0.25, 0.3) is 0 Å². The van der Waals surface area contributed by atoms with E-state index in [2.05, 4.69) is 5.32 Å². The molecule has 1 N–H and O–H groups in total. The smallest absolute Gasteiger partial charge is 0.262 e. The Kier molecular flexibility index (Phi) is 5.09. The number of para-hydroxylation sites is 1. The first kappa shape index (κ1) is 19.2. The molecular formula is C23H24N2O4. The van der Waals surface area contributed by atoms with Crippen LogP contribution in [0.4, 0.5) is 0 Å². The number of amides is 3. The molecule has 0 radical (unpaired) electrons. The molecule has 0 fully saturated rings. The van der Waals surface area contributed by atoms with Crippen LogP contribution < -0.4 is 10.1 Å². The highest BCUT2D eigenvalue weighted by molar-refractivity contribution is 6.22. The molecule has 0 aliphatic carbocycles. The van der Waals surface area contributed by atoms with E-state index in [9.17, 15) is 14.4 Å². The third-order valence-electron chi connectivity index (χ3n) is 5.41. The Bertz CT molecular complexity index is 934. The normalized spacial score (nSPS) is 18.9. The molecule has 0 aromatic heterocycles. The Balaban J connectivity index is 1.61. The van der Waals surface area contributed by atoms with Gasteiger partial charge in [-0.3, -0.25) is 19.3 Å². The highest BCUT2D eigenvalue weighted by Gasteiger charge is 2.43. The van der Waals surface area contributed by atoms with Gasteiger partial charge in [0.1, 0.15) is 11.8 Å². The molecule has 2 atom stereocenters. The molecule has 2 heterocycles. The van der Waals surface area contributed by atoms with Crippen molar-refractivity contribution in [3.63, 3.8) is 0 Å². The summed E-state index contributed by atoms with van der Waals surface area (Å²) in [6.45, 7) is 4.45. The van der Waals surface area contributed by atoms with Gasteiger partial charge in [-0.25, -0.2) is 0 Å². The standard InChI is InChI=1S/C23H24N2O4/c1-14(2)13-19(25-22(27)15-7-3-4-8-16(15)23(25)28)21(26)24-18-11-12-29-20-10-6-5-9-17(18)20/h3-10,14,18-19H,11-13H2,1-2H3,(H,24,26)/t18-,19-/m0/s1. The lowest BCUT2D eigenvalue weighted by Gasteiger charge is -2.31. The molecule has 2 aromatic rings. The first-order valence-corrected chi connectivity index (χ1v) is 9.96. The number of carbonyl (C=O) groups excluding carboxylic acids is 3. The van der Waals surface area contributed by atoms with Crippen molar-refractivity contribution in [2.24, 2.45) is 5.92 Å². The number of hydrogen-bond acceptors (Lipinski definition) is 4. The zero-order valence-corrected chi connectivity index (χ0v) is 16.6. The number of ether oxygens (including phenoxy) is 1. The fourth-order valence-corrected chi connectivity index (χ4v) is 4.03. The maximum Gasteiger partial charge on any atom is 0.262 e. The van der Waals surface area contributed by atoms with Crippen LogP contribution in [0.1, 0.15) is 59.0 Å². The summed E-state index contributed by atoms with van der Waals surface area (Å²) in [7, 11) is 0. The lowest BCUT2D eigenvalue weighted by molar-refractivity contribution is -0.126. The SMILES string of the molecule is CC(C)C[C@@H](C(=O)N[C@H]1CCOc2ccccc21)N1C(=O)c2ccccc2C1=O. The van der Waals surface area contributed by atoms with Gasteiger partial charge >= 0.3 is 0 Å². The third-order valence-corrected chi connectivity index (χ3v) is 5.41. The van der Waals surface area contributed by atoms with E-state index in [1.807, 2.05) is 38.1 Å². The van der Waals surface area contributed by atoms with Gasteiger partial charge in [0.25, 0.3) is 11.8 Å². The number of hydrogen-bond donors (Lipinski definition) is 1. The summed E-state index contributed by atoms with van der Waals surface area (Å²) < 4.78 is 5.67. The van der Waals surface area contributed by atoms with Crippen molar-refractivity contribution in [2.75, 3.05) is 6.61 Å². The number of fused-ring (bicyclic) bond motifs is 2. The predicted molar refractivity (Wildman–Crippen MR) is 108 cm³/mol. The number of rotatable bonds is 5. The van der Waals surface area contributed by atoms with Crippen molar-refractivity contribution >= 4 is 17.7 Å². The van der Waals surface area contributed by atoms with Gasteiger partial charge in [-0.2, -0.15) is 0 Å². The van der Waals surface area contributed by atoms with E-state index in [4.69, 9.17) is 4.74 Å². The summed E-state index contributed by atoms with van der Waals surface area (Å²) in [6, 6.07) is 13.3. The first-order valence-electron chi connectivity index (χ1n) is 9.96. The molecule has 0 bridgehead atoms. The van der Waals surface area contributed by atoms with Gasteiger partial charge in [-0.1, -0.05) is 44.2 Å². The molecule has 6 heteroatoms. The summed E-state index contributed by atoms with van der Waals surface area (Å²) in [5.41, 5.74) is 1.63. The van der Waals surface area contributed by atoms with Crippen molar-refractivity contribution in [1.82, 2.24) is 10.2 Å². The van der Waals surface area contributed by atoms with Crippen LogP contribution in [0.5, 0.6) is 5.75 Å². The van der Waals surface area contributed by atoms with Gasteiger partial charge in [-0.15, -0.1) is 0 Å². The Labute approximate surface area is 169 Å². The number of carbonyl (C=O) groups is 3. The van der Waals surface area contributed by atoms with Crippen molar-refractivity contribution in [3.05, 3.63) is 65.2 Å². The van der Waals surface area contributed by atoms with Gasteiger partial charge in [0.05, 0.1) is 23.8 Å². The van der Waals surface area contributed by atoms with Crippen LogP contribution in [-0.4, -0.2) is 35.3 Å². The van der Waals surface area contributed by atoms with E-state index in [1.54, 1.807) is 24.3 Å². The molecule has 0 unspecified atom stereocenters. The van der Waals surface area contributed by atoms with E-state index in [0.717, 1.165) is 16.2 Å². The van der Waals surface area contributed by atoms with E-state index in [0.29, 0.717) is 30.6 Å². The summed E-state index contributed by atoms with van der Waals surface area (Å²) in [4.78, 5) is 40.3. The summed E-state index contributed by atoms with van der Waals surface area (Å²) in [6.07, 6.45) is 1.04. The monoisotopic (exact) mass is 392 g/mol. The Morgan fingerprint density at radius 1 is 1.07 bits per heavy atom. The molecule has 6 nitrogen and oxygen atoms in total. The average molecular weight is 392 g/mol. The molecule has 4 rings (SSSR count). The van der Waals surface area contributed by atoms with E-state index in [-0.39, 0.29) is 17.9 Å². The second-order valence-corrected chi connectivity index (χ2v) is 7.91. The maximum atomic E-state index is 13.3. The Hall–Kier alpha value is -3.15. The third kappa shape index (κ3) is 3.50. The minimum absolute atomic E-state index is 0.136. The topological polar surface area (TPSA) is 75.7 Å². The molecule has 0 spiro atoms. The van der Waals surface area contributed by atoms with Crippen LogP contribution in [0.3, 0.4) is 0 Å². The van der Waals surface area contributed by atoms with E-state index in [1.165, 1.54) is 0 Å². The van der Waals surface area contributed by atoms with Crippen LogP contribution in [-0.2, 0) is 4.79 Å². The minimum Gasteiger partial charge on any atom is -0.493 e. The van der Waals surface area contributed by atoms with Crippen molar-refractivity contribution < 1.29 is 19.1 Å². The number of imide groups is 1. The average Bonchev–Trinajstić information content (AvgIpc) is 2.97. The van der Waals surface area contributed by atoms with Crippen molar-refractivity contribution in [1.29, 1.82) is 0 Å². The quantitative estimate of drug-likeness (QED) is 0.792. The van der Waals surface area contributed by atoms with Crippen LogP contribution in [0, 0.1) is 5.92 Å². The molecule has 3 amide bonds. The molecule has 150 valence electrons. The number of benzene rings is 2. The number of nitrogens with one attached hydrogen (secondary N) is 1. The van der Waals surface area contributed by atoms with E-state index >= 15 is 0 Å². The lowest BCUT2D eigenvalue weighted by Crippen LogP contribution is -2.51. The van der Waals surface area contributed by atoms with Crippen LogP contribution in [0.2, 0.25) is 0 Å². The van der Waals surface area contributed by atoms with E-state index < -0.39 is 17.9 Å².